The van der Waals surface area contributed by atoms with E-state index in [0.29, 0.717) is 5.92 Å². The fraction of sp³-hybridized carbons (Fsp3) is 0.375. The molecule has 0 saturated carbocycles. The highest BCUT2D eigenvalue weighted by atomic mass is 16.4. The van der Waals surface area contributed by atoms with Crippen molar-refractivity contribution >= 4 is 11.9 Å². The van der Waals surface area contributed by atoms with E-state index in [9.17, 15) is 9.59 Å². The van der Waals surface area contributed by atoms with Gasteiger partial charge < -0.3 is 10.4 Å². The summed E-state index contributed by atoms with van der Waals surface area (Å²) in [5.74, 6) is -1.02. The third kappa shape index (κ3) is 4.88. The Morgan fingerprint density at radius 2 is 1.70 bits per heavy atom. The van der Waals surface area contributed by atoms with Crippen LogP contribution < -0.4 is 5.32 Å². The number of nitrogens with one attached hydrogen (secondary N) is 1. The van der Waals surface area contributed by atoms with Crippen LogP contribution in [0.1, 0.15) is 50.3 Å². The summed E-state index contributed by atoms with van der Waals surface area (Å²) in [7, 11) is 0. The van der Waals surface area contributed by atoms with Crippen LogP contribution in [-0.2, 0) is 9.59 Å². The number of carbonyl (C=O) groups is 2. The van der Waals surface area contributed by atoms with Crippen molar-refractivity contribution in [3.63, 3.8) is 0 Å². The maximum absolute atomic E-state index is 11.5. The highest BCUT2D eigenvalue weighted by molar-refractivity contribution is 5.94. The summed E-state index contributed by atoms with van der Waals surface area (Å²) in [6.45, 7) is 6.19. The van der Waals surface area contributed by atoms with Gasteiger partial charge in [-0.25, -0.2) is 4.79 Å². The maximum atomic E-state index is 11.5. The predicted octanol–water partition coefficient (Wildman–Crippen LogP) is 3.02. The zero-order valence-corrected chi connectivity index (χ0v) is 12.1. The van der Waals surface area contributed by atoms with E-state index in [1.54, 1.807) is 0 Å². The van der Waals surface area contributed by atoms with E-state index in [4.69, 9.17) is 5.11 Å². The molecule has 1 rings (SSSR count). The zero-order valence-electron chi connectivity index (χ0n) is 12.1. The van der Waals surface area contributed by atoms with Crippen LogP contribution in [0, 0.1) is 0 Å². The summed E-state index contributed by atoms with van der Waals surface area (Å²) in [6, 6.07) is 7.96. The van der Waals surface area contributed by atoms with E-state index < -0.39 is 11.9 Å². The van der Waals surface area contributed by atoms with E-state index in [1.807, 2.05) is 19.1 Å². The first-order valence-electron chi connectivity index (χ1n) is 6.75. The number of amides is 1. The van der Waals surface area contributed by atoms with Crippen molar-refractivity contribution < 1.29 is 14.7 Å². The van der Waals surface area contributed by atoms with E-state index in [2.05, 4.69) is 31.3 Å². The molecule has 108 valence electrons. The SMILES string of the molecule is CC[C@@H](C)c1ccc([C@@H](C)NC(=O)C=CC(=O)O)cc1. The molecular formula is C16H21NO3. The quantitative estimate of drug-likeness (QED) is 0.784. The van der Waals surface area contributed by atoms with Gasteiger partial charge in [0, 0.05) is 12.2 Å². The molecule has 20 heavy (non-hydrogen) atoms. The van der Waals surface area contributed by atoms with Gasteiger partial charge in [-0.05, 0) is 30.4 Å². The molecule has 0 aliphatic rings. The first-order chi connectivity index (χ1) is 9.43. The molecule has 0 unspecified atom stereocenters. The summed E-state index contributed by atoms with van der Waals surface area (Å²) < 4.78 is 0. The van der Waals surface area contributed by atoms with Crippen molar-refractivity contribution in [3.05, 3.63) is 47.5 Å². The number of hydrogen-bond donors (Lipinski definition) is 2. The summed E-state index contributed by atoms with van der Waals surface area (Å²) in [4.78, 5) is 21.8. The second-order valence-electron chi connectivity index (χ2n) is 4.88. The smallest absolute Gasteiger partial charge is 0.328 e. The number of carboxylic acid groups (broad SMARTS) is 1. The number of hydrogen-bond acceptors (Lipinski definition) is 2. The Balaban J connectivity index is 2.66. The van der Waals surface area contributed by atoms with Crippen molar-refractivity contribution in [2.75, 3.05) is 0 Å². The van der Waals surface area contributed by atoms with E-state index in [0.717, 1.165) is 24.1 Å². The molecule has 0 saturated heterocycles. The predicted molar refractivity (Wildman–Crippen MR) is 78.5 cm³/mol. The lowest BCUT2D eigenvalue weighted by atomic mass is 9.96. The maximum Gasteiger partial charge on any atom is 0.328 e. The van der Waals surface area contributed by atoms with Crippen LogP contribution >= 0.6 is 0 Å². The molecule has 1 amide bonds. The second-order valence-corrected chi connectivity index (χ2v) is 4.88. The molecule has 0 radical (unpaired) electrons. The van der Waals surface area contributed by atoms with Crippen LogP contribution in [0.4, 0.5) is 0 Å². The lowest BCUT2D eigenvalue weighted by Gasteiger charge is -2.15. The fourth-order valence-corrected chi connectivity index (χ4v) is 1.84. The molecule has 2 N–H and O–H groups in total. The summed E-state index contributed by atoms with van der Waals surface area (Å²) >= 11 is 0. The molecule has 0 bridgehead atoms. The zero-order chi connectivity index (χ0) is 15.1. The van der Waals surface area contributed by atoms with Gasteiger partial charge in [-0.3, -0.25) is 4.79 Å². The number of carbonyl (C=O) groups excluding carboxylic acids is 1. The van der Waals surface area contributed by atoms with Gasteiger partial charge in [-0.15, -0.1) is 0 Å². The third-order valence-electron chi connectivity index (χ3n) is 3.35. The molecule has 0 aliphatic carbocycles. The Bertz CT molecular complexity index is 491. The number of carboxylic acids is 1. The average Bonchev–Trinajstić information content (AvgIpc) is 2.44. The summed E-state index contributed by atoms with van der Waals surface area (Å²) in [6.07, 6.45) is 2.94. The lowest BCUT2D eigenvalue weighted by Crippen LogP contribution is -2.24. The van der Waals surface area contributed by atoms with Gasteiger partial charge in [0.1, 0.15) is 0 Å². The van der Waals surface area contributed by atoms with Crippen molar-refractivity contribution in [2.45, 2.75) is 39.2 Å². The highest BCUT2D eigenvalue weighted by Crippen LogP contribution is 2.21. The Kier molecular flexibility index (Phi) is 5.97. The molecule has 2 atom stereocenters. The normalized spacial score (nSPS) is 13.9. The molecule has 1 aromatic rings. The summed E-state index contributed by atoms with van der Waals surface area (Å²) in [5, 5.41) is 11.2. The van der Waals surface area contributed by atoms with Crippen LogP contribution in [0.3, 0.4) is 0 Å². The highest BCUT2D eigenvalue weighted by Gasteiger charge is 2.09. The third-order valence-corrected chi connectivity index (χ3v) is 3.35. The monoisotopic (exact) mass is 275 g/mol. The number of aliphatic carboxylic acids is 1. The fourth-order valence-electron chi connectivity index (χ4n) is 1.84. The van der Waals surface area contributed by atoms with E-state index in [-0.39, 0.29) is 6.04 Å². The van der Waals surface area contributed by atoms with Crippen molar-refractivity contribution in [1.29, 1.82) is 0 Å². The minimum absolute atomic E-state index is 0.160. The van der Waals surface area contributed by atoms with Crippen LogP contribution in [0.2, 0.25) is 0 Å². The Morgan fingerprint density at radius 1 is 1.15 bits per heavy atom. The number of benzene rings is 1. The Hall–Kier alpha value is -2.10. The molecule has 0 aromatic heterocycles. The van der Waals surface area contributed by atoms with Crippen LogP contribution in [0.15, 0.2) is 36.4 Å². The van der Waals surface area contributed by atoms with Crippen molar-refractivity contribution in [3.8, 4) is 0 Å². The van der Waals surface area contributed by atoms with Gasteiger partial charge >= 0.3 is 5.97 Å². The van der Waals surface area contributed by atoms with Crippen molar-refractivity contribution in [1.82, 2.24) is 5.32 Å². The van der Waals surface area contributed by atoms with Crippen molar-refractivity contribution in [2.24, 2.45) is 0 Å². The van der Waals surface area contributed by atoms with E-state index in [1.165, 1.54) is 5.56 Å². The average molecular weight is 275 g/mol. The Labute approximate surface area is 119 Å². The van der Waals surface area contributed by atoms with Crippen LogP contribution in [0.5, 0.6) is 0 Å². The molecule has 0 aliphatic heterocycles. The van der Waals surface area contributed by atoms with Crippen LogP contribution in [-0.4, -0.2) is 17.0 Å². The Morgan fingerprint density at radius 3 is 2.20 bits per heavy atom. The van der Waals surface area contributed by atoms with Gasteiger partial charge in [-0.1, -0.05) is 38.1 Å². The minimum Gasteiger partial charge on any atom is -0.478 e. The first kappa shape index (κ1) is 16.0. The molecular weight excluding hydrogens is 254 g/mol. The van der Waals surface area contributed by atoms with E-state index >= 15 is 0 Å². The van der Waals surface area contributed by atoms with Gasteiger partial charge in [0.15, 0.2) is 0 Å². The van der Waals surface area contributed by atoms with Gasteiger partial charge in [-0.2, -0.15) is 0 Å². The lowest BCUT2D eigenvalue weighted by molar-refractivity contribution is -0.131. The molecule has 4 nitrogen and oxygen atoms in total. The molecule has 1 aromatic carbocycles. The topological polar surface area (TPSA) is 66.4 Å². The van der Waals surface area contributed by atoms with Gasteiger partial charge in [0.2, 0.25) is 5.91 Å². The van der Waals surface area contributed by atoms with Crippen LogP contribution in [0.25, 0.3) is 0 Å². The molecule has 0 heterocycles. The van der Waals surface area contributed by atoms with Gasteiger partial charge in [0.25, 0.3) is 0 Å². The second kappa shape index (κ2) is 7.48. The largest absolute Gasteiger partial charge is 0.478 e. The molecule has 4 heteroatoms. The minimum atomic E-state index is -1.13. The van der Waals surface area contributed by atoms with Gasteiger partial charge in [0.05, 0.1) is 6.04 Å². The summed E-state index contributed by atoms with van der Waals surface area (Å²) in [5.41, 5.74) is 2.27. The first-order valence-corrected chi connectivity index (χ1v) is 6.75. The molecule has 0 fully saturated rings. The standard InChI is InChI=1S/C16H21NO3/c1-4-11(2)13-5-7-14(8-6-13)12(3)17-15(18)9-10-16(19)20/h5-12H,4H2,1-3H3,(H,17,18)(H,19,20)/t11-,12-/m1/s1. The number of rotatable bonds is 6. The molecule has 0 spiro atoms.